The Morgan fingerprint density at radius 2 is 1.85 bits per heavy atom. The molecule has 3 nitrogen and oxygen atoms in total. The van der Waals surface area contributed by atoms with Crippen molar-refractivity contribution in [3.8, 4) is 0 Å². The zero-order valence-corrected chi connectivity index (χ0v) is 12.6. The van der Waals surface area contributed by atoms with E-state index < -0.39 is 0 Å². The molecule has 4 heteroatoms. The molecule has 2 aromatic rings. The van der Waals surface area contributed by atoms with Crippen molar-refractivity contribution in [2.24, 2.45) is 0 Å². The number of piperidine rings is 1. The van der Waals surface area contributed by atoms with Crippen molar-refractivity contribution in [2.75, 3.05) is 25.5 Å². The molecule has 20 heavy (non-hydrogen) atoms. The molecule has 1 fully saturated rings. The first-order valence-electron chi connectivity index (χ1n) is 7.61. The van der Waals surface area contributed by atoms with E-state index in [1.165, 1.54) is 37.9 Å². The third kappa shape index (κ3) is 2.99. The number of rotatable bonds is 5. The van der Waals surface area contributed by atoms with Crippen LogP contribution in [0.4, 0.5) is 0 Å². The Labute approximate surface area is 125 Å². The summed E-state index contributed by atoms with van der Waals surface area (Å²) in [6.07, 6.45) is 4.93. The lowest BCUT2D eigenvalue weighted by atomic mass is 10.1. The summed E-state index contributed by atoms with van der Waals surface area (Å²) in [7, 11) is 0. The van der Waals surface area contributed by atoms with Crippen LogP contribution in [0, 0.1) is 0 Å². The van der Waals surface area contributed by atoms with E-state index >= 15 is 0 Å². The number of fused-ring (bicyclic) bond motifs is 1. The molecule has 2 heterocycles. The van der Waals surface area contributed by atoms with Gasteiger partial charge < -0.3 is 9.47 Å². The minimum Gasteiger partial charge on any atom is -0.327 e. The molecule has 0 unspecified atom stereocenters. The van der Waals surface area contributed by atoms with E-state index in [4.69, 9.17) is 16.6 Å². The molecule has 108 valence electrons. The van der Waals surface area contributed by atoms with Crippen molar-refractivity contribution in [3.63, 3.8) is 0 Å². The Balaban J connectivity index is 1.79. The third-order valence-corrected chi connectivity index (χ3v) is 4.33. The molecule has 3 rings (SSSR count). The Kier molecular flexibility index (Phi) is 4.58. The number of nitrogens with zero attached hydrogens (tertiary/aromatic N) is 3. The summed E-state index contributed by atoms with van der Waals surface area (Å²) < 4.78 is 2.35. The fourth-order valence-electron chi connectivity index (χ4n) is 3.07. The van der Waals surface area contributed by atoms with E-state index in [0.29, 0.717) is 5.88 Å². The van der Waals surface area contributed by atoms with Gasteiger partial charge in [0.2, 0.25) is 0 Å². The zero-order chi connectivity index (χ0) is 13.8. The van der Waals surface area contributed by atoms with Crippen molar-refractivity contribution in [1.82, 2.24) is 14.5 Å². The van der Waals surface area contributed by atoms with Gasteiger partial charge in [0.05, 0.1) is 11.0 Å². The molecule has 0 N–H and O–H groups in total. The Bertz CT molecular complexity index is 558. The van der Waals surface area contributed by atoms with Gasteiger partial charge in [-0.05, 0) is 38.1 Å². The molecule has 0 saturated carbocycles. The minimum absolute atomic E-state index is 0.632. The topological polar surface area (TPSA) is 21.1 Å². The second-order valence-corrected chi connectivity index (χ2v) is 5.89. The maximum atomic E-state index is 5.92. The van der Waals surface area contributed by atoms with Gasteiger partial charge in [-0.1, -0.05) is 18.6 Å². The monoisotopic (exact) mass is 291 g/mol. The summed E-state index contributed by atoms with van der Waals surface area (Å²) in [6.45, 7) is 4.64. The number of hydrogen-bond acceptors (Lipinski definition) is 2. The van der Waals surface area contributed by atoms with Crippen LogP contribution in [0.5, 0.6) is 0 Å². The van der Waals surface area contributed by atoms with E-state index in [2.05, 4.69) is 33.7 Å². The number of likely N-dealkylation sites (tertiary alicyclic amines) is 1. The number of para-hydroxylation sites is 2. The van der Waals surface area contributed by atoms with Gasteiger partial charge in [-0.15, -0.1) is 11.6 Å². The summed E-state index contributed by atoms with van der Waals surface area (Å²) in [5.74, 6) is 1.76. The summed E-state index contributed by atoms with van der Waals surface area (Å²) >= 11 is 5.92. The van der Waals surface area contributed by atoms with Crippen LogP contribution >= 0.6 is 11.6 Å². The van der Waals surface area contributed by atoms with Crippen molar-refractivity contribution in [1.29, 1.82) is 0 Å². The molecule has 0 radical (unpaired) electrons. The van der Waals surface area contributed by atoms with Crippen molar-refractivity contribution >= 4 is 22.6 Å². The molecule has 0 spiro atoms. The number of imidazole rings is 1. The highest BCUT2D eigenvalue weighted by molar-refractivity contribution is 6.17. The second-order valence-electron chi connectivity index (χ2n) is 5.51. The maximum absolute atomic E-state index is 5.92. The number of benzene rings is 1. The normalized spacial score (nSPS) is 16.9. The molecule has 1 saturated heterocycles. The largest absolute Gasteiger partial charge is 0.327 e. The van der Waals surface area contributed by atoms with E-state index in [9.17, 15) is 0 Å². The quantitative estimate of drug-likeness (QED) is 0.788. The van der Waals surface area contributed by atoms with Gasteiger partial charge in [0, 0.05) is 25.4 Å². The zero-order valence-electron chi connectivity index (χ0n) is 11.9. The van der Waals surface area contributed by atoms with Crippen molar-refractivity contribution in [3.05, 3.63) is 30.1 Å². The van der Waals surface area contributed by atoms with Crippen molar-refractivity contribution in [2.45, 2.75) is 32.2 Å². The van der Waals surface area contributed by atoms with Crippen LogP contribution in [-0.2, 0) is 13.0 Å². The van der Waals surface area contributed by atoms with Crippen LogP contribution in [0.3, 0.4) is 0 Å². The average Bonchev–Trinajstić information content (AvgIpc) is 2.84. The molecule has 0 bridgehead atoms. The molecule has 1 aromatic heterocycles. The molecular formula is C16H22ClN3. The standard InChI is InChI=1S/C16H22ClN3/c17-9-8-16-18-14-6-2-3-7-15(14)20(16)13-12-19-10-4-1-5-11-19/h2-3,6-7H,1,4-5,8-13H2. The molecule has 0 atom stereocenters. The first kappa shape index (κ1) is 13.9. The smallest absolute Gasteiger partial charge is 0.111 e. The Hall–Kier alpha value is -1.06. The van der Waals surface area contributed by atoms with Crippen LogP contribution < -0.4 is 0 Å². The van der Waals surface area contributed by atoms with Crippen LogP contribution in [-0.4, -0.2) is 40.0 Å². The minimum atomic E-state index is 0.632. The summed E-state index contributed by atoms with van der Waals surface area (Å²) in [4.78, 5) is 7.30. The SMILES string of the molecule is ClCCc1nc2ccccc2n1CCN1CCCCC1. The van der Waals surface area contributed by atoms with E-state index in [0.717, 1.165) is 30.9 Å². The predicted octanol–water partition coefficient (Wildman–Crippen LogP) is 3.30. The van der Waals surface area contributed by atoms with Crippen LogP contribution in [0.2, 0.25) is 0 Å². The first-order chi connectivity index (χ1) is 9.88. The Morgan fingerprint density at radius 3 is 2.65 bits per heavy atom. The Morgan fingerprint density at radius 1 is 1.05 bits per heavy atom. The highest BCUT2D eigenvalue weighted by Gasteiger charge is 2.13. The lowest BCUT2D eigenvalue weighted by molar-refractivity contribution is 0.221. The van der Waals surface area contributed by atoms with E-state index in [1.807, 2.05) is 0 Å². The molecule has 1 aliphatic heterocycles. The number of aromatic nitrogens is 2. The van der Waals surface area contributed by atoms with E-state index in [-0.39, 0.29) is 0 Å². The van der Waals surface area contributed by atoms with Gasteiger partial charge in [0.25, 0.3) is 0 Å². The van der Waals surface area contributed by atoms with Gasteiger partial charge in [-0.3, -0.25) is 0 Å². The predicted molar refractivity (Wildman–Crippen MR) is 84.4 cm³/mol. The lowest BCUT2D eigenvalue weighted by Crippen LogP contribution is -2.32. The number of aryl methyl sites for hydroxylation is 1. The van der Waals surface area contributed by atoms with E-state index in [1.54, 1.807) is 0 Å². The third-order valence-electron chi connectivity index (χ3n) is 4.14. The van der Waals surface area contributed by atoms with Crippen LogP contribution in [0.1, 0.15) is 25.1 Å². The fraction of sp³-hybridized carbons (Fsp3) is 0.562. The maximum Gasteiger partial charge on any atom is 0.111 e. The first-order valence-corrected chi connectivity index (χ1v) is 8.14. The summed E-state index contributed by atoms with van der Waals surface area (Å²) in [5, 5.41) is 0. The van der Waals surface area contributed by atoms with Gasteiger partial charge >= 0.3 is 0 Å². The van der Waals surface area contributed by atoms with Gasteiger partial charge in [0.15, 0.2) is 0 Å². The fourth-order valence-corrected chi connectivity index (χ4v) is 3.24. The van der Waals surface area contributed by atoms with Crippen molar-refractivity contribution < 1.29 is 0 Å². The lowest BCUT2D eigenvalue weighted by Gasteiger charge is -2.26. The van der Waals surface area contributed by atoms with Crippen LogP contribution in [0.25, 0.3) is 11.0 Å². The molecule has 1 aromatic carbocycles. The van der Waals surface area contributed by atoms with Crippen LogP contribution in [0.15, 0.2) is 24.3 Å². The molecule has 0 amide bonds. The molecule has 0 aliphatic carbocycles. The second kappa shape index (κ2) is 6.59. The number of halogens is 1. The van der Waals surface area contributed by atoms with Gasteiger partial charge in [0.1, 0.15) is 5.82 Å². The highest BCUT2D eigenvalue weighted by Crippen LogP contribution is 2.17. The summed E-state index contributed by atoms with van der Waals surface area (Å²) in [6, 6.07) is 8.39. The molecular weight excluding hydrogens is 270 g/mol. The summed E-state index contributed by atoms with van der Waals surface area (Å²) in [5.41, 5.74) is 2.33. The van der Waals surface area contributed by atoms with Gasteiger partial charge in [-0.25, -0.2) is 4.98 Å². The average molecular weight is 292 g/mol. The number of hydrogen-bond donors (Lipinski definition) is 0. The molecule has 1 aliphatic rings. The number of alkyl halides is 1. The highest BCUT2D eigenvalue weighted by atomic mass is 35.5. The van der Waals surface area contributed by atoms with Gasteiger partial charge in [-0.2, -0.15) is 0 Å².